The first-order valence-corrected chi connectivity index (χ1v) is 7.83. The highest BCUT2D eigenvalue weighted by atomic mass is 127. The average Bonchev–Trinajstić information content (AvgIpc) is 3.10. The molecule has 2 aromatic carbocycles. The van der Waals surface area contributed by atoms with Crippen LogP contribution < -0.4 is 10.1 Å². The zero-order chi connectivity index (χ0) is 16.1. The van der Waals surface area contributed by atoms with Gasteiger partial charge in [-0.3, -0.25) is 4.79 Å². The van der Waals surface area contributed by atoms with Crippen LogP contribution in [-0.4, -0.2) is 22.7 Å². The van der Waals surface area contributed by atoms with Crippen molar-refractivity contribution >= 4 is 34.2 Å². The number of carbonyl (C=O) groups excluding carboxylic acids is 1. The average molecular weight is 421 g/mol. The Hall–Kier alpha value is -2.42. The van der Waals surface area contributed by atoms with E-state index in [1.807, 2.05) is 24.3 Å². The Bertz CT molecular complexity index is 771. The summed E-state index contributed by atoms with van der Waals surface area (Å²) in [5.74, 6) is 0.811. The fourth-order valence-electron chi connectivity index (χ4n) is 1.87. The van der Waals surface area contributed by atoms with Crippen molar-refractivity contribution in [2.75, 3.05) is 11.9 Å². The van der Waals surface area contributed by atoms with Crippen molar-refractivity contribution in [2.24, 2.45) is 0 Å². The summed E-state index contributed by atoms with van der Waals surface area (Å²) in [5.41, 5.74) is 1.53. The fourth-order valence-corrected chi connectivity index (χ4v) is 2.23. The van der Waals surface area contributed by atoms with E-state index in [9.17, 15) is 4.79 Å². The van der Waals surface area contributed by atoms with Crippen LogP contribution in [0.15, 0.2) is 59.3 Å². The van der Waals surface area contributed by atoms with Crippen molar-refractivity contribution in [2.45, 2.75) is 0 Å². The summed E-state index contributed by atoms with van der Waals surface area (Å²) in [4.78, 5) is 11.9. The van der Waals surface area contributed by atoms with E-state index in [-0.39, 0.29) is 12.5 Å². The van der Waals surface area contributed by atoms with Crippen LogP contribution in [0.5, 0.6) is 5.75 Å². The molecule has 116 valence electrons. The zero-order valence-corrected chi connectivity index (χ0v) is 14.1. The van der Waals surface area contributed by atoms with E-state index in [4.69, 9.17) is 9.15 Å². The van der Waals surface area contributed by atoms with E-state index in [1.54, 1.807) is 24.3 Å². The fraction of sp³-hybridized carbons (Fsp3) is 0.0625. The molecule has 0 aliphatic carbocycles. The lowest BCUT2D eigenvalue weighted by Crippen LogP contribution is -2.20. The van der Waals surface area contributed by atoms with Gasteiger partial charge in [0.1, 0.15) is 5.75 Å². The topological polar surface area (TPSA) is 77.2 Å². The van der Waals surface area contributed by atoms with E-state index in [0.717, 1.165) is 14.8 Å². The first-order chi connectivity index (χ1) is 11.2. The van der Waals surface area contributed by atoms with Gasteiger partial charge in [0.15, 0.2) is 6.61 Å². The van der Waals surface area contributed by atoms with E-state index in [0.29, 0.717) is 11.6 Å². The van der Waals surface area contributed by atoms with E-state index in [1.165, 1.54) is 6.39 Å². The summed E-state index contributed by atoms with van der Waals surface area (Å²) in [6.45, 7) is -0.0636. The molecule has 1 aromatic heterocycles. The number of carbonyl (C=O) groups is 1. The molecule has 1 amide bonds. The van der Waals surface area contributed by atoms with Crippen LogP contribution in [0.4, 0.5) is 5.69 Å². The van der Waals surface area contributed by atoms with Gasteiger partial charge in [0.05, 0.1) is 0 Å². The van der Waals surface area contributed by atoms with Crippen LogP contribution in [-0.2, 0) is 4.79 Å². The van der Waals surface area contributed by atoms with Crippen LogP contribution in [0.1, 0.15) is 0 Å². The lowest BCUT2D eigenvalue weighted by atomic mass is 10.2. The predicted octanol–water partition coefficient (Wildman–Crippen LogP) is 3.36. The van der Waals surface area contributed by atoms with Gasteiger partial charge in [0.2, 0.25) is 12.3 Å². The molecule has 0 spiro atoms. The summed E-state index contributed by atoms with van der Waals surface area (Å²) in [6, 6.07) is 14.6. The minimum Gasteiger partial charge on any atom is -0.484 e. The van der Waals surface area contributed by atoms with Crippen LogP contribution in [0.2, 0.25) is 0 Å². The van der Waals surface area contributed by atoms with Crippen LogP contribution in [0.3, 0.4) is 0 Å². The van der Waals surface area contributed by atoms with Gasteiger partial charge in [0, 0.05) is 14.8 Å². The van der Waals surface area contributed by atoms with E-state index in [2.05, 4.69) is 38.1 Å². The molecular weight excluding hydrogens is 409 g/mol. The predicted molar refractivity (Wildman–Crippen MR) is 93.0 cm³/mol. The number of rotatable bonds is 5. The normalized spacial score (nSPS) is 10.3. The molecule has 1 heterocycles. The molecule has 0 radical (unpaired) electrons. The number of nitrogens with zero attached hydrogens (tertiary/aromatic N) is 2. The molecule has 0 unspecified atom stereocenters. The molecule has 6 nitrogen and oxygen atoms in total. The number of anilines is 1. The minimum atomic E-state index is -0.216. The van der Waals surface area contributed by atoms with Crippen molar-refractivity contribution in [1.82, 2.24) is 10.2 Å². The Morgan fingerprint density at radius 1 is 1.13 bits per heavy atom. The van der Waals surface area contributed by atoms with Crippen molar-refractivity contribution in [3.63, 3.8) is 0 Å². The number of ether oxygens (including phenoxy) is 1. The number of benzene rings is 2. The number of halogens is 1. The lowest BCUT2D eigenvalue weighted by molar-refractivity contribution is -0.118. The van der Waals surface area contributed by atoms with Crippen LogP contribution in [0, 0.1) is 3.57 Å². The third-order valence-corrected chi connectivity index (χ3v) is 3.68. The highest BCUT2D eigenvalue weighted by Gasteiger charge is 2.06. The summed E-state index contributed by atoms with van der Waals surface area (Å²) < 4.78 is 11.7. The molecule has 0 saturated carbocycles. The molecule has 0 atom stereocenters. The molecule has 23 heavy (non-hydrogen) atoms. The molecule has 0 aliphatic rings. The molecule has 0 fully saturated rings. The number of aromatic nitrogens is 2. The quantitative estimate of drug-likeness (QED) is 0.640. The summed E-state index contributed by atoms with van der Waals surface area (Å²) in [7, 11) is 0. The van der Waals surface area contributed by atoms with Gasteiger partial charge in [0.25, 0.3) is 5.91 Å². The Labute approximate surface area is 146 Å². The van der Waals surface area contributed by atoms with Crippen LogP contribution >= 0.6 is 22.6 Å². The largest absolute Gasteiger partial charge is 0.484 e. The van der Waals surface area contributed by atoms with E-state index >= 15 is 0 Å². The molecule has 0 saturated heterocycles. The highest BCUT2D eigenvalue weighted by molar-refractivity contribution is 14.1. The van der Waals surface area contributed by atoms with Crippen molar-refractivity contribution < 1.29 is 13.9 Å². The molecule has 3 rings (SSSR count). The molecule has 7 heteroatoms. The maximum atomic E-state index is 11.9. The molecule has 1 N–H and O–H groups in total. The van der Waals surface area contributed by atoms with E-state index < -0.39 is 0 Å². The number of hydrogen-bond donors (Lipinski definition) is 1. The minimum absolute atomic E-state index is 0.0636. The standard InChI is InChI=1S/C16H12IN3O3/c17-12-3-5-13(6-4-12)19-15(21)9-22-14-7-1-11(2-8-14)16-20-18-10-23-16/h1-8,10H,9H2,(H,19,21). The third kappa shape index (κ3) is 4.28. The van der Waals surface area contributed by atoms with Gasteiger partial charge in [-0.25, -0.2) is 0 Å². The monoisotopic (exact) mass is 421 g/mol. The van der Waals surface area contributed by atoms with Crippen molar-refractivity contribution in [1.29, 1.82) is 0 Å². The van der Waals surface area contributed by atoms with Gasteiger partial charge < -0.3 is 14.5 Å². The number of nitrogens with one attached hydrogen (secondary N) is 1. The zero-order valence-electron chi connectivity index (χ0n) is 11.9. The summed E-state index contributed by atoms with van der Waals surface area (Å²) in [6.07, 6.45) is 1.27. The number of amides is 1. The first kappa shape index (κ1) is 15.5. The SMILES string of the molecule is O=C(COc1ccc(-c2nnco2)cc1)Nc1ccc(I)cc1. The van der Waals surface area contributed by atoms with Gasteiger partial charge in [-0.1, -0.05) is 0 Å². The first-order valence-electron chi connectivity index (χ1n) is 6.75. The molecule has 0 bridgehead atoms. The molecule has 0 aliphatic heterocycles. The highest BCUT2D eigenvalue weighted by Crippen LogP contribution is 2.20. The van der Waals surface area contributed by atoms with Crippen molar-refractivity contribution in [3.8, 4) is 17.2 Å². The van der Waals surface area contributed by atoms with Gasteiger partial charge >= 0.3 is 0 Å². The molecular formula is C16H12IN3O3. The maximum Gasteiger partial charge on any atom is 0.262 e. The Morgan fingerprint density at radius 3 is 2.52 bits per heavy atom. The second-order valence-corrected chi connectivity index (χ2v) is 5.86. The Balaban J connectivity index is 1.53. The molecule has 3 aromatic rings. The smallest absolute Gasteiger partial charge is 0.262 e. The van der Waals surface area contributed by atoms with Gasteiger partial charge in [-0.15, -0.1) is 10.2 Å². The second-order valence-electron chi connectivity index (χ2n) is 4.61. The van der Waals surface area contributed by atoms with Gasteiger partial charge in [-0.05, 0) is 71.1 Å². The summed E-state index contributed by atoms with van der Waals surface area (Å²) in [5, 5.41) is 10.2. The Morgan fingerprint density at radius 2 is 1.87 bits per heavy atom. The van der Waals surface area contributed by atoms with Gasteiger partial charge in [-0.2, -0.15) is 0 Å². The van der Waals surface area contributed by atoms with Crippen LogP contribution in [0.25, 0.3) is 11.5 Å². The second kappa shape index (κ2) is 7.23. The lowest BCUT2D eigenvalue weighted by Gasteiger charge is -2.08. The third-order valence-electron chi connectivity index (χ3n) is 2.96. The maximum absolute atomic E-state index is 11.9. The summed E-state index contributed by atoms with van der Waals surface area (Å²) >= 11 is 2.21. The number of hydrogen-bond acceptors (Lipinski definition) is 5. The van der Waals surface area contributed by atoms with Crippen molar-refractivity contribution in [3.05, 3.63) is 58.5 Å². The Kier molecular flexibility index (Phi) is 4.86.